The zero-order valence-electron chi connectivity index (χ0n) is 15.5. The van der Waals surface area contributed by atoms with Crippen LogP contribution in [0, 0.1) is 0 Å². The molecule has 1 aromatic heterocycles. The van der Waals surface area contributed by atoms with Gasteiger partial charge in [0.15, 0.2) is 0 Å². The molecule has 0 bridgehead atoms. The molecule has 0 saturated carbocycles. The number of hydrogen-bond donors (Lipinski definition) is 0. The van der Waals surface area contributed by atoms with E-state index in [0.29, 0.717) is 19.6 Å². The average molecular weight is 355 g/mol. The van der Waals surface area contributed by atoms with Gasteiger partial charge in [0.2, 0.25) is 5.91 Å². The molecule has 140 valence electrons. The van der Waals surface area contributed by atoms with Crippen LogP contribution in [0.1, 0.15) is 31.2 Å². The number of carbonyl (C=O) groups is 1. The van der Waals surface area contributed by atoms with Crippen LogP contribution in [0.15, 0.2) is 30.5 Å². The topological polar surface area (TPSA) is 37.7 Å². The lowest BCUT2D eigenvalue weighted by molar-refractivity contribution is -0.135. The number of rotatable bonds is 6. The molecular weight excluding hydrogens is 326 g/mol. The first-order chi connectivity index (χ1) is 12.8. The number of fused-ring (bicyclic) bond motifs is 1. The lowest BCUT2D eigenvalue weighted by atomic mass is 10.1. The van der Waals surface area contributed by atoms with Crippen molar-refractivity contribution in [3.63, 3.8) is 0 Å². The number of para-hydroxylation sites is 1. The Morgan fingerprint density at radius 3 is 2.62 bits per heavy atom. The Kier molecular flexibility index (Phi) is 5.56. The molecule has 0 atom stereocenters. The predicted molar refractivity (Wildman–Crippen MR) is 103 cm³/mol. The molecule has 2 saturated heterocycles. The lowest BCUT2D eigenvalue weighted by Gasteiger charge is -2.26. The Balaban J connectivity index is 1.40. The van der Waals surface area contributed by atoms with Gasteiger partial charge < -0.3 is 14.2 Å². The second-order valence-corrected chi connectivity index (χ2v) is 7.45. The third kappa shape index (κ3) is 3.94. The molecule has 2 aliphatic heterocycles. The van der Waals surface area contributed by atoms with Gasteiger partial charge in [0.25, 0.3) is 0 Å². The number of likely N-dealkylation sites (tertiary alicyclic amines) is 1. The number of ether oxygens (including phenoxy) is 1. The highest BCUT2D eigenvalue weighted by Crippen LogP contribution is 2.24. The highest BCUT2D eigenvalue weighted by atomic mass is 16.5. The summed E-state index contributed by atoms with van der Waals surface area (Å²) in [6, 6.07) is 8.67. The summed E-state index contributed by atoms with van der Waals surface area (Å²) in [7, 11) is 0. The molecule has 2 aromatic rings. The van der Waals surface area contributed by atoms with E-state index in [4.69, 9.17) is 4.74 Å². The lowest BCUT2D eigenvalue weighted by Crippen LogP contribution is -2.40. The van der Waals surface area contributed by atoms with Gasteiger partial charge in [-0.05, 0) is 50.4 Å². The van der Waals surface area contributed by atoms with E-state index in [9.17, 15) is 4.79 Å². The molecule has 1 aromatic carbocycles. The minimum absolute atomic E-state index is 0.272. The maximum absolute atomic E-state index is 12.3. The summed E-state index contributed by atoms with van der Waals surface area (Å²) in [6.07, 6.45) is 7.44. The fourth-order valence-electron chi connectivity index (χ4n) is 4.18. The molecular formula is C21H29N3O2. The average Bonchev–Trinajstić information content (AvgIpc) is 3.32. The van der Waals surface area contributed by atoms with E-state index in [1.54, 1.807) is 0 Å². The SMILES string of the molecule is O=C(CCCc1cn(CN2CCCC2)c2ccccc12)N1CCOCC1. The summed E-state index contributed by atoms with van der Waals surface area (Å²) in [6.45, 7) is 6.23. The van der Waals surface area contributed by atoms with Crippen molar-refractivity contribution in [1.29, 1.82) is 0 Å². The number of aryl methyl sites for hydroxylation is 1. The zero-order valence-corrected chi connectivity index (χ0v) is 15.5. The molecule has 5 heteroatoms. The molecule has 1 amide bonds. The van der Waals surface area contributed by atoms with Crippen LogP contribution in [0.5, 0.6) is 0 Å². The molecule has 26 heavy (non-hydrogen) atoms. The van der Waals surface area contributed by atoms with Crippen LogP contribution < -0.4 is 0 Å². The van der Waals surface area contributed by atoms with Crippen LogP contribution in [-0.4, -0.2) is 59.7 Å². The van der Waals surface area contributed by atoms with Crippen molar-refractivity contribution < 1.29 is 9.53 Å². The number of benzene rings is 1. The van der Waals surface area contributed by atoms with Crippen LogP contribution in [0.4, 0.5) is 0 Å². The second-order valence-electron chi connectivity index (χ2n) is 7.45. The highest BCUT2D eigenvalue weighted by molar-refractivity contribution is 5.84. The fourth-order valence-corrected chi connectivity index (χ4v) is 4.18. The molecule has 4 rings (SSSR count). The van der Waals surface area contributed by atoms with Gasteiger partial charge in [-0.2, -0.15) is 0 Å². The zero-order chi connectivity index (χ0) is 17.8. The summed E-state index contributed by atoms with van der Waals surface area (Å²) < 4.78 is 7.72. The van der Waals surface area contributed by atoms with Gasteiger partial charge in [0, 0.05) is 36.6 Å². The monoisotopic (exact) mass is 355 g/mol. The van der Waals surface area contributed by atoms with E-state index in [1.807, 2.05) is 4.90 Å². The Morgan fingerprint density at radius 2 is 1.81 bits per heavy atom. The van der Waals surface area contributed by atoms with Crippen molar-refractivity contribution in [2.75, 3.05) is 39.4 Å². The fraction of sp³-hybridized carbons (Fsp3) is 0.571. The Bertz CT molecular complexity index is 743. The first-order valence-corrected chi connectivity index (χ1v) is 9.96. The third-order valence-electron chi connectivity index (χ3n) is 5.62. The number of aromatic nitrogens is 1. The molecule has 0 radical (unpaired) electrons. The Hall–Kier alpha value is -1.85. The normalized spacial score (nSPS) is 18.7. The van der Waals surface area contributed by atoms with Crippen molar-refractivity contribution in [1.82, 2.24) is 14.4 Å². The molecule has 5 nitrogen and oxygen atoms in total. The van der Waals surface area contributed by atoms with Gasteiger partial charge in [-0.3, -0.25) is 9.69 Å². The van der Waals surface area contributed by atoms with Gasteiger partial charge in [-0.25, -0.2) is 0 Å². The Morgan fingerprint density at radius 1 is 1.04 bits per heavy atom. The van der Waals surface area contributed by atoms with Crippen molar-refractivity contribution >= 4 is 16.8 Å². The van der Waals surface area contributed by atoms with E-state index in [2.05, 4.69) is 39.9 Å². The van der Waals surface area contributed by atoms with Gasteiger partial charge >= 0.3 is 0 Å². The first-order valence-electron chi connectivity index (χ1n) is 9.96. The Labute approximate surface area is 155 Å². The molecule has 2 fully saturated rings. The highest BCUT2D eigenvalue weighted by Gasteiger charge is 2.17. The van der Waals surface area contributed by atoms with Crippen LogP contribution in [0.3, 0.4) is 0 Å². The molecule has 2 aliphatic rings. The van der Waals surface area contributed by atoms with Crippen LogP contribution in [0.2, 0.25) is 0 Å². The summed E-state index contributed by atoms with van der Waals surface area (Å²) >= 11 is 0. The molecule has 0 aliphatic carbocycles. The second kappa shape index (κ2) is 8.23. The molecule has 0 N–H and O–H groups in total. The van der Waals surface area contributed by atoms with E-state index in [0.717, 1.165) is 32.6 Å². The van der Waals surface area contributed by atoms with Crippen molar-refractivity contribution in [2.24, 2.45) is 0 Å². The predicted octanol–water partition coefficient (Wildman–Crippen LogP) is 2.88. The molecule has 0 unspecified atom stereocenters. The summed E-state index contributed by atoms with van der Waals surface area (Å²) in [5, 5.41) is 1.34. The van der Waals surface area contributed by atoms with Crippen LogP contribution in [-0.2, 0) is 22.6 Å². The summed E-state index contributed by atoms with van der Waals surface area (Å²) in [5.41, 5.74) is 2.68. The largest absolute Gasteiger partial charge is 0.378 e. The quantitative estimate of drug-likeness (QED) is 0.800. The van der Waals surface area contributed by atoms with Crippen molar-refractivity contribution in [2.45, 2.75) is 38.8 Å². The van der Waals surface area contributed by atoms with Gasteiger partial charge in [-0.1, -0.05) is 18.2 Å². The van der Waals surface area contributed by atoms with Crippen molar-refractivity contribution in [3.8, 4) is 0 Å². The van der Waals surface area contributed by atoms with E-state index >= 15 is 0 Å². The number of hydrogen-bond acceptors (Lipinski definition) is 3. The first kappa shape index (κ1) is 17.6. The van der Waals surface area contributed by atoms with Crippen molar-refractivity contribution in [3.05, 3.63) is 36.0 Å². The number of nitrogens with zero attached hydrogens (tertiary/aromatic N) is 3. The standard InChI is InChI=1S/C21H29N3O2/c25-21(23-12-14-26-15-13-23)9-5-6-18-16-24(17-22-10-3-4-11-22)20-8-2-1-7-19(18)20/h1-2,7-8,16H,3-6,9-15,17H2. The molecule has 3 heterocycles. The van der Waals surface area contributed by atoms with Gasteiger partial charge in [-0.15, -0.1) is 0 Å². The summed E-state index contributed by atoms with van der Waals surface area (Å²) in [4.78, 5) is 16.8. The number of morpholine rings is 1. The van der Waals surface area contributed by atoms with Gasteiger partial charge in [0.1, 0.15) is 0 Å². The maximum atomic E-state index is 12.3. The van der Waals surface area contributed by atoms with Crippen LogP contribution in [0.25, 0.3) is 10.9 Å². The summed E-state index contributed by atoms with van der Waals surface area (Å²) in [5.74, 6) is 0.272. The van der Waals surface area contributed by atoms with E-state index in [-0.39, 0.29) is 5.91 Å². The molecule has 0 spiro atoms. The van der Waals surface area contributed by atoms with E-state index in [1.165, 1.54) is 42.4 Å². The van der Waals surface area contributed by atoms with Crippen LogP contribution >= 0.6 is 0 Å². The number of amides is 1. The number of carbonyl (C=O) groups excluding carboxylic acids is 1. The third-order valence-corrected chi connectivity index (χ3v) is 5.62. The van der Waals surface area contributed by atoms with Gasteiger partial charge in [0.05, 0.1) is 19.9 Å². The smallest absolute Gasteiger partial charge is 0.222 e. The minimum atomic E-state index is 0.272. The maximum Gasteiger partial charge on any atom is 0.222 e. The minimum Gasteiger partial charge on any atom is -0.378 e. The van der Waals surface area contributed by atoms with E-state index < -0.39 is 0 Å².